The molecule has 1 aliphatic heterocycles. The Morgan fingerprint density at radius 2 is 1.83 bits per heavy atom. The van der Waals surface area contributed by atoms with Crippen LogP contribution in [0.15, 0.2) is 53.0 Å². The number of hydrogen-bond donors (Lipinski definition) is 1. The molecule has 0 spiro atoms. The van der Waals surface area contributed by atoms with Crippen molar-refractivity contribution in [3.63, 3.8) is 0 Å². The molecule has 1 N–H and O–H groups in total. The number of carbonyl (C=O) groups is 1. The van der Waals surface area contributed by atoms with Crippen LogP contribution in [0, 0.1) is 0 Å². The van der Waals surface area contributed by atoms with Gasteiger partial charge in [-0.25, -0.2) is 4.57 Å². The minimum Gasteiger partial charge on any atom is -1.00 e. The van der Waals surface area contributed by atoms with E-state index in [1.165, 1.54) is 6.42 Å². The van der Waals surface area contributed by atoms with Crippen molar-refractivity contribution in [1.29, 1.82) is 0 Å². The van der Waals surface area contributed by atoms with Crippen molar-refractivity contribution < 1.29 is 26.3 Å². The maximum atomic E-state index is 12.8. The van der Waals surface area contributed by atoms with Gasteiger partial charge in [0.15, 0.2) is 12.3 Å². The maximum absolute atomic E-state index is 12.8. The van der Waals surface area contributed by atoms with E-state index in [1.54, 1.807) is 0 Å². The van der Waals surface area contributed by atoms with Crippen molar-refractivity contribution in [2.75, 3.05) is 5.32 Å². The largest absolute Gasteiger partial charge is 1.00 e. The topological polar surface area (TPSA) is 50.8 Å². The summed E-state index contributed by atoms with van der Waals surface area (Å²) in [5.74, 6) is 2.17. The number of rotatable bonds is 6. The molecule has 2 heterocycles. The first-order chi connectivity index (χ1) is 14.1. The molecule has 0 atom stereocenters. The molecule has 5 nitrogen and oxygen atoms in total. The molecule has 0 saturated heterocycles. The van der Waals surface area contributed by atoms with Crippen molar-refractivity contribution in [2.24, 2.45) is 0 Å². The number of ketones is 1. The average Bonchev–Trinajstić information content (AvgIpc) is 2.89. The normalized spacial score (nSPS) is 13.1. The van der Waals surface area contributed by atoms with Crippen molar-refractivity contribution in [3.05, 3.63) is 75.2 Å². The number of benzene rings is 2. The standard InChI is InChI=1S/C22H23BrClN4O.BrH/c23-17-7-5-16(6-8-17)20(29)15-28-22-4-2-1-3-13-27(22)21(26-28)14-25-19-11-9-18(24)10-12-19;/h5-12,25H,1-4,13-15H2;1H/q+1;/p-1. The molecule has 4 rings (SSSR count). The smallest absolute Gasteiger partial charge is 0.296 e. The van der Waals surface area contributed by atoms with Crippen LogP contribution in [0.2, 0.25) is 5.02 Å². The van der Waals surface area contributed by atoms with Gasteiger partial charge in [-0.05, 0) is 55.7 Å². The van der Waals surface area contributed by atoms with Crippen LogP contribution >= 0.6 is 27.5 Å². The molecular weight excluding hydrogens is 532 g/mol. The summed E-state index contributed by atoms with van der Waals surface area (Å²) in [6.07, 6.45) is 4.41. The lowest BCUT2D eigenvalue weighted by Gasteiger charge is -2.04. The summed E-state index contributed by atoms with van der Waals surface area (Å²) in [6.45, 7) is 1.81. The van der Waals surface area contributed by atoms with Crippen molar-refractivity contribution in [1.82, 2.24) is 9.78 Å². The van der Waals surface area contributed by atoms with E-state index >= 15 is 0 Å². The van der Waals surface area contributed by atoms with E-state index in [4.69, 9.17) is 16.7 Å². The molecule has 8 heteroatoms. The molecule has 2 aromatic carbocycles. The van der Waals surface area contributed by atoms with Crippen LogP contribution < -0.4 is 26.9 Å². The lowest BCUT2D eigenvalue weighted by atomic mass is 10.1. The van der Waals surface area contributed by atoms with Gasteiger partial charge in [0.2, 0.25) is 5.82 Å². The summed E-state index contributed by atoms with van der Waals surface area (Å²) in [5.41, 5.74) is 1.70. The number of nitrogens with zero attached hydrogens (tertiary/aromatic N) is 3. The van der Waals surface area contributed by atoms with Gasteiger partial charge in [-0.3, -0.25) is 4.79 Å². The number of nitrogens with one attached hydrogen (secondary N) is 1. The second kappa shape index (κ2) is 10.6. The van der Waals surface area contributed by atoms with Crippen LogP contribution in [-0.4, -0.2) is 15.6 Å². The van der Waals surface area contributed by atoms with E-state index in [1.807, 2.05) is 53.2 Å². The van der Waals surface area contributed by atoms with Gasteiger partial charge in [0.25, 0.3) is 5.82 Å². The second-order valence-electron chi connectivity index (χ2n) is 7.24. The minimum absolute atomic E-state index is 0. The molecule has 0 bridgehead atoms. The first-order valence-electron chi connectivity index (χ1n) is 9.87. The Kier molecular flexibility index (Phi) is 8.08. The van der Waals surface area contributed by atoms with Gasteiger partial charge in [0, 0.05) is 32.3 Å². The van der Waals surface area contributed by atoms with Gasteiger partial charge >= 0.3 is 0 Å². The number of fused-ring (bicyclic) bond motifs is 1. The Labute approximate surface area is 200 Å². The van der Waals surface area contributed by atoms with Crippen LogP contribution in [0.3, 0.4) is 0 Å². The third kappa shape index (κ3) is 5.50. The molecule has 1 aliphatic rings. The number of Topliss-reactive ketones (excluding diaryl/α,β-unsaturated/α-hetero) is 1. The molecule has 158 valence electrons. The predicted molar refractivity (Wildman–Crippen MR) is 117 cm³/mol. The highest BCUT2D eigenvalue weighted by Crippen LogP contribution is 2.16. The first-order valence-corrected chi connectivity index (χ1v) is 11.0. The molecule has 0 aliphatic carbocycles. The molecule has 3 aromatic rings. The van der Waals surface area contributed by atoms with Crippen LogP contribution in [0.1, 0.15) is 41.3 Å². The number of aromatic nitrogens is 3. The predicted octanol–water partition coefficient (Wildman–Crippen LogP) is 1.81. The Morgan fingerprint density at radius 3 is 2.57 bits per heavy atom. The van der Waals surface area contributed by atoms with Crippen molar-refractivity contribution >= 4 is 39.0 Å². The summed E-state index contributed by atoms with van der Waals surface area (Å²) >= 11 is 9.39. The number of halogens is 3. The highest BCUT2D eigenvalue weighted by molar-refractivity contribution is 9.10. The molecule has 0 fully saturated rings. The zero-order chi connectivity index (χ0) is 20.2. The van der Waals surface area contributed by atoms with E-state index in [2.05, 4.69) is 25.8 Å². The van der Waals surface area contributed by atoms with Crippen LogP contribution in [0.4, 0.5) is 5.69 Å². The summed E-state index contributed by atoms with van der Waals surface area (Å²) < 4.78 is 5.15. The highest BCUT2D eigenvalue weighted by Gasteiger charge is 2.28. The van der Waals surface area contributed by atoms with E-state index in [9.17, 15) is 4.79 Å². The summed E-state index contributed by atoms with van der Waals surface area (Å²) in [5, 5.41) is 8.95. The van der Waals surface area contributed by atoms with Gasteiger partial charge in [0.1, 0.15) is 6.54 Å². The molecule has 1 aromatic heterocycles. The molecule has 0 radical (unpaired) electrons. The molecule has 0 unspecified atom stereocenters. The molecular formula is C22H23Br2ClN4O. The Bertz CT molecular complexity index is 1000. The number of hydrogen-bond acceptors (Lipinski definition) is 3. The van der Waals surface area contributed by atoms with E-state index in [0.29, 0.717) is 12.1 Å². The lowest BCUT2D eigenvalue weighted by Crippen LogP contribution is -3.00. The van der Waals surface area contributed by atoms with Crippen molar-refractivity contribution in [2.45, 2.75) is 45.3 Å². The third-order valence-corrected chi connectivity index (χ3v) is 5.97. The molecule has 0 amide bonds. The van der Waals surface area contributed by atoms with Gasteiger partial charge in [-0.15, -0.1) is 4.68 Å². The van der Waals surface area contributed by atoms with E-state index in [-0.39, 0.29) is 29.3 Å². The summed E-state index contributed by atoms with van der Waals surface area (Å²) in [4.78, 5) is 12.8. The van der Waals surface area contributed by atoms with Crippen LogP contribution in [0.5, 0.6) is 0 Å². The molecule has 0 saturated carbocycles. The highest BCUT2D eigenvalue weighted by atomic mass is 79.9. The SMILES string of the molecule is O=C(Cn1nc(CNc2ccc(Cl)cc2)[n+]2c1CCCCC2)c1ccc(Br)cc1.[Br-]. The fourth-order valence-corrected chi connectivity index (χ4v) is 4.05. The van der Waals surface area contributed by atoms with E-state index < -0.39 is 0 Å². The Hall–Kier alpha value is -1.70. The monoisotopic (exact) mass is 552 g/mol. The third-order valence-electron chi connectivity index (χ3n) is 5.19. The first kappa shape index (κ1) is 23.0. The van der Waals surface area contributed by atoms with Crippen LogP contribution in [0.25, 0.3) is 0 Å². The summed E-state index contributed by atoms with van der Waals surface area (Å²) in [6, 6.07) is 15.1. The van der Waals surface area contributed by atoms with Gasteiger partial charge in [0.05, 0.1) is 6.54 Å². The second-order valence-corrected chi connectivity index (χ2v) is 8.60. The molecule has 30 heavy (non-hydrogen) atoms. The minimum atomic E-state index is 0. The fraction of sp³-hybridized carbons (Fsp3) is 0.318. The van der Waals surface area contributed by atoms with Gasteiger partial charge in [-0.2, -0.15) is 0 Å². The van der Waals surface area contributed by atoms with Crippen molar-refractivity contribution in [3.8, 4) is 0 Å². The maximum Gasteiger partial charge on any atom is 0.296 e. The fourth-order valence-electron chi connectivity index (χ4n) is 3.66. The Balaban J connectivity index is 0.00000256. The zero-order valence-corrected chi connectivity index (χ0v) is 20.4. The zero-order valence-electron chi connectivity index (χ0n) is 16.5. The number of anilines is 1. The van der Waals surface area contributed by atoms with Gasteiger partial charge < -0.3 is 22.3 Å². The van der Waals surface area contributed by atoms with Gasteiger partial charge in [-0.1, -0.05) is 39.7 Å². The van der Waals surface area contributed by atoms with E-state index in [0.717, 1.165) is 52.6 Å². The quantitative estimate of drug-likeness (QED) is 0.374. The lowest BCUT2D eigenvalue weighted by molar-refractivity contribution is -0.710. The Morgan fingerprint density at radius 1 is 1.10 bits per heavy atom. The summed E-state index contributed by atoms with van der Waals surface area (Å²) in [7, 11) is 0. The average molecular weight is 555 g/mol. The number of carbonyl (C=O) groups excluding carboxylic acids is 1. The van der Waals surface area contributed by atoms with Crippen LogP contribution in [-0.2, 0) is 26.1 Å².